The SMILES string of the molecule is C=CCCCCCCCCCCCCCCCCCCCCCCCCCCCCCCCCCCCCCCN. The van der Waals surface area contributed by atoms with Gasteiger partial charge in [-0.1, -0.05) is 224 Å². The highest BCUT2D eigenvalue weighted by Crippen LogP contribution is 2.17. The maximum Gasteiger partial charge on any atom is -0.00773 e. The molecular weight excluding hydrogens is 494 g/mol. The van der Waals surface area contributed by atoms with Crippen molar-refractivity contribution in [3.8, 4) is 0 Å². The standard InChI is InChI=1S/C40H81N/c1-2-3-4-5-6-7-8-9-10-11-12-13-14-15-16-17-18-19-20-21-22-23-24-25-26-27-28-29-30-31-32-33-34-35-36-37-38-39-40-41/h2H,1,3-41H2. The van der Waals surface area contributed by atoms with Crippen LogP contribution >= 0.6 is 0 Å². The lowest BCUT2D eigenvalue weighted by molar-refractivity contribution is 0.510. The van der Waals surface area contributed by atoms with E-state index in [2.05, 4.69) is 12.7 Å². The molecule has 0 aliphatic carbocycles. The zero-order chi connectivity index (χ0) is 29.6. The molecule has 0 aromatic heterocycles. The molecule has 0 aliphatic heterocycles. The Kier molecular flexibility index (Phi) is 39.4. The summed E-state index contributed by atoms with van der Waals surface area (Å²) in [5.41, 5.74) is 5.55. The van der Waals surface area contributed by atoms with Gasteiger partial charge in [-0.25, -0.2) is 0 Å². The first-order chi connectivity index (χ1) is 20.4. The topological polar surface area (TPSA) is 26.0 Å². The van der Waals surface area contributed by atoms with Crippen molar-refractivity contribution in [2.75, 3.05) is 6.54 Å². The van der Waals surface area contributed by atoms with Crippen LogP contribution in [0.5, 0.6) is 0 Å². The third kappa shape index (κ3) is 39.7. The Morgan fingerprint density at radius 1 is 0.244 bits per heavy atom. The summed E-state index contributed by atoms with van der Waals surface area (Å²) in [5, 5.41) is 0. The second-order valence-electron chi connectivity index (χ2n) is 13.6. The quantitative estimate of drug-likeness (QED) is 0.0575. The van der Waals surface area contributed by atoms with Crippen molar-refractivity contribution in [1.82, 2.24) is 0 Å². The summed E-state index contributed by atoms with van der Waals surface area (Å²) in [6.45, 7) is 4.68. The summed E-state index contributed by atoms with van der Waals surface area (Å²) < 4.78 is 0. The molecule has 1 nitrogen and oxygen atoms in total. The summed E-state index contributed by atoms with van der Waals surface area (Å²) in [6, 6.07) is 0. The summed E-state index contributed by atoms with van der Waals surface area (Å²) in [6.07, 6.45) is 55.8. The third-order valence-electron chi connectivity index (χ3n) is 9.36. The molecule has 0 aliphatic rings. The van der Waals surface area contributed by atoms with E-state index in [1.165, 1.54) is 238 Å². The number of unbranched alkanes of at least 4 members (excludes halogenated alkanes) is 36. The molecule has 0 atom stereocenters. The van der Waals surface area contributed by atoms with Gasteiger partial charge in [-0.2, -0.15) is 0 Å². The van der Waals surface area contributed by atoms with Crippen molar-refractivity contribution in [2.45, 2.75) is 238 Å². The highest BCUT2D eigenvalue weighted by Gasteiger charge is 1.97. The zero-order valence-corrected chi connectivity index (χ0v) is 28.7. The molecule has 0 unspecified atom stereocenters. The average Bonchev–Trinajstić information content (AvgIpc) is 2.98. The highest BCUT2D eigenvalue weighted by atomic mass is 14.5. The van der Waals surface area contributed by atoms with E-state index >= 15 is 0 Å². The van der Waals surface area contributed by atoms with Gasteiger partial charge in [0.25, 0.3) is 0 Å². The third-order valence-corrected chi connectivity index (χ3v) is 9.36. The normalized spacial score (nSPS) is 11.4. The Hall–Kier alpha value is -0.300. The fourth-order valence-electron chi connectivity index (χ4n) is 6.44. The minimum absolute atomic E-state index is 0.874. The Morgan fingerprint density at radius 2 is 0.390 bits per heavy atom. The molecule has 1 heteroatoms. The van der Waals surface area contributed by atoms with Crippen LogP contribution in [0.2, 0.25) is 0 Å². The van der Waals surface area contributed by atoms with Crippen LogP contribution in [0.25, 0.3) is 0 Å². The fourth-order valence-corrected chi connectivity index (χ4v) is 6.44. The molecular formula is C40H81N. The molecule has 0 aromatic rings. The van der Waals surface area contributed by atoms with E-state index in [9.17, 15) is 0 Å². The molecule has 0 heterocycles. The molecule has 0 radical (unpaired) electrons. The summed E-state index contributed by atoms with van der Waals surface area (Å²) >= 11 is 0. The van der Waals surface area contributed by atoms with Crippen LogP contribution in [0.15, 0.2) is 12.7 Å². The number of rotatable bonds is 38. The number of nitrogens with two attached hydrogens (primary N) is 1. The minimum Gasteiger partial charge on any atom is -0.330 e. The van der Waals surface area contributed by atoms with E-state index in [1.54, 1.807) is 0 Å². The van der Waals surface area contributed by atoms with Gasteiger partial charge in [0.1, 0.15) is 0 Å². The summed E-state index contributed by atoms with van der Waals surface area (Å²) in [4.78, 5) is 0. The molecule has 0 amide bonds. The van der Waals surface area contributed by atoms with E-state index in [0.29, 0.717) is 0 Å². The smallest absolute Gasteiger partial charge is 0.00773 e. The van der Waals surface area contributed by atoms with Crippen LogP contribution in [0.4, 0.5) is 0 Å². The molecule has 2 N–H and O–H groups in total. The van der Waals surface area contributed by atoms with E-state index in [1.807, 2.05) is 0 Å². The monoisotopic (exact) mass is 576 g/mol. The second kappa shape index (κ2) is 39.7. The Balaban J connectivity index is 3.02. The Labute approximate surface area is 262 Å². The largest absolute Gasteiger partial charge is 0.330 e. The van der Waals surface area contributed by atoms with Crippen LogP contribution in [0.1, 0.15) is 238 Å². The first kappa shape index (κ1) is 40.7. The number of allylic oxidation sites excluding steroid dienone is 1. The molecule has 41 heavy (non-hydrogen) atoms. The van der Waals surface area contributed by atoms with Crippen LogP contribution < -0.4 is 5.73 Å². The molecule has 0 saturated carbocycles. The van der Waals surface area contributed by atoms with Crippen LogP contribution in [0.3, 0.4) is 0 Å². The predicted octanol–water partition coefficient (Wildman–Crippen LogP) is 14.6. The van der Waals surface area contributed by atoms with Crippen molar-refractivity contribution < 1.29 is 0 Å². The highest BCUT2D eigenvalue weighted by molar-refractivity contribution is 4.65. The number of hydrogen-bond acceptors (Lipinski definition) is 1. The second-order valence-corrected chi connectivity index (χ2v) is 13.6. The van der Waals surface area contributed by atoms with Crippen LogP contribution in [-0.2, 0) is 0 Å². The maximum absolute atomic E-state index is 5.55. The first-order valence-electron chi connectivity index (χ1n) is 19.7. The lowest BCUT2D eigenvalue weighted by Gasteiger charge is -2.05. The molecule has 246 valence electrons. The van der Waals surface area contributed by atoms with Gasteiger partial charge in [0.05, 0.1) is 0 Å². The first-order valence-corrected chi connectivity index (χ1v) is 19.7. The van der Waals surface area contributed by atoms with Crippen molar-refractivity contribution in [2.24, 2.45) is 5.73 Å². The molecule has 0 rings (SSSR count). The van der Waals surface area contributed by atoms with Gasteiger partial charge in [0, 0.05) is 0 Å². The lowest BCUT2D eigenvalue weighted by Crippen LogP contribution is -1.97. The molecule has 0 spiro atoms. The van der Waals surface area contributed by atoms with E-state index in [4.69, 9.17) is 5.73 Å². The predicted molar refractivity (Wildman–Crippen MR) is 190 cm³/mol. The zero-order valence-electron chi connectivity index (χ0n) is 28.7. The summed E-state index contributed by atoms with van der Waals surface area (Å²) in [7, 11) is 0. The van der Waals surface area contributed by atoms with Crippen molar-refractivity contribution in [3.63, 3.8) is 0 Å². The maximum atomic E-state index is 5.55. The van der Waals surface area contributed by atoms with E-state index in [-0.39, 0.29) is 0 Å². The van der Waals surface area contributed by atoms with Gasteiger partial charge in [-0.05, 0) is 25.8 Å². The van der Waals surface area contributed by atoms with E-state index in [0.717, 1.165) is 6.54 Å². The van der Waals surface area contributed by atoms with E-state index < -0.39 is 0 Å². The average molecular weight is 576 g/mol. The van der Waals surface area contributed by atoms with Crippen LogP contribution in [0, 0.1) is 0 Å². The number of hydrogen-bond donors (Lipinski definition) is 1. The van der Waals surface area contributed by atoms with Gasteiger partial charge in [0.2, 0.25) is 0 Å². The van der Waals surface area contributed by atoms with Crippen LogP contribution in [-0.4, -0.2) is 6.54 Å². The van der Waals surface area contributed by atoms with Gasteiger partial charge < -0.3 is 5.73 Å². The molecule has 0 fully saturated rings. The lowest BCUT2D eigenvalue weighted by atomic mass is 10.0. The van der Waals surface area contributed by atoms with Crippen molar-refractivity contribution in [3.05, 3.63) is 12.7 Å². The molecule has 0 saturated heterocycles. The molecule has 0 aromatic carbocycles. The van der Waals surface area contributed by atoms with Gasteiger partial charge in [-0.15, -0.1) is 6.58 Å². The fraction of sp³-hybridized carbons (Fsp3) is 0.950. The van der Waals surface area contributed by atoms with Crippen molar-refractivity contribution >= 4 is 0 Å². The van der Waals surface area contributed by atoms with Crippen molar-refractivity contribution in [1.29, 1.82) is 0 Å². The molecule has 0 bridgehead atoms. The van der Waals surface area contributed by atoms with Gasteiger partial charge in [0.15, 0.2) is 0 Å². The van der Waals surface area contributed by atoms with Gasteiger partial charge in [-0.3, -0.25) is 0 Å². The van der Waals surface area contributed by atoms with Gasteiger partial charge >= 0.3 is 0 Å². The summed E-state index contributed by atoms with van der Waals surface area (Å²) in [5.74, 6) is 0. The Morgan fingerprint density at radius 3 is 0.537 bits per heavy atom. The minimum atomic E-state index is 0.874. The Bertz CT molecular complexity index is 444.